The van der Waals surface area contributed by atoms with Crippen molar-refractivity contribution in [1.29, 1.82) is 0 Å². The smallest absolute Gasteiger partial charge is 0.168 e. The zero-order chi connectivity index (χ0) is 14.9. The first-order chi connectivity index (χ1) is 10.8. The van der Waals surface area contributed by atoms with Gasteiger partial charge < -0.3 is 4.74 Å². The standard InChI is InChI=1S/C16H11N3OS2/c1-20-11-8-6-10(7-9-11)15-17-18-16(21-15)14-12-4-2-3-5-13(12)22-19-14/h2-9H,1H3. The largest absolute Gasteiger partial charge is 0.497 e. The Bertz CT molecular complexity index is 928. The Labute approximate surface area is 135 Å². The minimum Gasteiger partial charge on any atom is -0.497 e. The number of hydrogen-bond acceptors (Lipinski definition) is 6. The van der Waals surface area contributed by atoms with E-state index in [9.17, 15) is 0 Å². The maximum atomic E-state index is 5.18. The fourth-order valence-corrected chi connectivity index (χ4v) is 3.90. The van der Waals surface area contributed by atoms with Crippen LogP contribution in [0.5, 0.6) is 5.75 Å². The summed E-state index contributed by atoms with van der Waals surface area (Å²) in [6.07, 6.45) is 0. The first kappa shape index (κ1) is 13.4. The lowest BCUT2D eigenvalue weighted by molar-refractivity contribution is 0.415. The molecule has 4 rings (SSSR count). The van der Waals surface area contributed by atoms with Gasteiger partial charge in [0.15, 0.2) is 5.01 Å². The predicted octanol–water partition coefficient (Wildman–Crippen LogP) is 4.49. The number of hydrogen-bond donors (Lipinski definition) is 0. The fourth-order valence-electron chi connectivity index (χ4n) is 2.21. The summed E-state index contributed by atoms with van der Waals surface area (Å²) in [6, 6.07) is 16.0. The van der Waals surface area contributed by atoms with Crippen molar-refractivity contribution in [2.24, 2.45) is 0 Å². The lowest BCUT2D eigenvalue weighted by atomic mass is 10.2. The molecule has 0 amide bonds. The molecule has 0 aliphatic carbocycles. The van der Waals surface area contributed by atoms with Crippen LogP contribution < -0.4 is 4.74 Å². The lowest BCUT2D eigenvalue weighted by Gasteiger charge is -1.99. The zero-order valence-corrected chi connectivity index (χ0v) is 13.3. The highest BCUT2D eigenvalue weighted by Crippen LogP contribution is 2.35. The van der Waals surface area contributed by atoms with Crippen molar-refractivity contribution in [2.75, 3.05) is 7.11 Å². The topological polar surface area (TPSA) is 47.9 Å². The summed E-state index contributed by atoms with van der Waals surface area (Å²) in [6.45, 7) is 0. The van der Waals surface area contributed by atoms with Crippen molar-refractivity contribution in [3.8, 4) is 27.0 Å². The molecule has 0 bridgehead atoms. The van der Waals surface area contributed by atoms with Gasteiger partial charge in [0, 0.05) is 10.9 Å². The maximum absolute atomic E-state index is 5.18. The van der Waals surface area contributed by atoms with Crippen molar-refractivity contribution in [3.63, 3.8) is 0 Å². The van der Waals surface area contributed by atoms with E-state index >= 15 is 0 Å². The summed E-state index contributed by atoms with van der Waals surface area (Å²) in [7, 11) is 1.66. The van der Waals surface area contributed by atoms with Gasteiger partial charge in [-0.3, -0.25) is 0 Å². The number of methoxy groups -OCH3 is 1. The van der Waals surface area contributed by atoms with Gasteiger partial charge in [-0.1, -0.05) is 29.5 Å². The second-order valence-corrected chi connectivity index (χ2v) is 6.45. The van der Waals surface area contributed by atoms with Gasteiger partial charge in [0.05, 0.1) is 11.8 Å². The summed E-state index contributed by atoms with van der Waals surface area (Å²) < 4.78 is 10.9. The predicted molar refractivity (Wildman–Crippen MR) is 90.5 cm³/mol. The molecule has 6 heteroatoms. The molecule has 0 atom stereocenters. The van der Waals surface area contributed by atoms with Gasteiger partial charge in [-0.2, -0.15) is 4.37 Å². The van der Waals surface area contributed by atoms with Crippen molar-refractivity contribution in [2.45, 2.75) is 0 Å². The van der Waals surface area contributed by atoms with E-state index in [0.717, 1.165) is 32.4 Å². The molecule has 0 saturated heterocycles. The fraction of sp³-hybridized carbons (Fsp3) is 0.0625. The van der Waals surface area contributed by atoms with Gasteiger partial charge in [0.1, 0.15) is 16.5 Å². The summed E-state index contributed by atoms with van der Waals surface area (Å²) >= 11 is 3.04. The maximum Gasteiger partial charge on any atom is 0.168 e. The van der Waals surface area contributed by atoms with Gasteiger partial charge in [0.25, 0.3) is 0 Å². The highest BCUT2D eigenvalue weighted by Gasteiger charge is 2.14. The van der Waals surface area contributed by atoms with E-state index in [1.165, 1.54) is 16.2 Å². The Morgan fingerprint density at radius 3 is 2.50 bits per heavy atom. The number of aromatic nitrogens is 3. The van der Waals surface area contributed by atoms with Crippen LogP contribution >= 0.6 is 22.9 Å². The van der Waals surface area contributed by atoms with Crippen LogP contribution in [0.25, 0.3) is 31.4 Å². The highest BCUT2D eigenvalue weighted by molar-refractivity contribution is 7.18. The molecule has 0 radical (unpaired) electrons. The third-order valence-corrected chi connectivity index (χ3v) is 5.15. The molecule has 2 heterocycles. The molecule has 0 saturated carbocycles. The van der Waals surface area contributed by atoms with Gasteiger partial charge >= 0.3 is 0 Å². The molecule has 0 aliphatic heterocycles. The Kier molecular flexibility index (Phi) is 3.32. The second-order valence-electron chi connectivity index (χ2n) is 4.67. The number of fused-ring (bicyclic) bond motifs is 1. The Hall–Kier alpha value is -2.31. The van der Waals surface area contributed by atoms with Gasteiger partial charge in [-0.05, 0) is 41.9 Å². The molecule has 108 valence electrons. The number of rotatable bonds is 3. The first-order valence-corrected chi connectivity index (χ1v) is 8.27. The van der Waals surface area contributed by atoms with E-state index in [4.69, 9.17) is 4.74 Å². The number of ether oxygens (including phenoxy) is 1. The van der Waals surface area contributed by atoms with Gasteiger partial charge in [0.2, 0.25) is 0 Å². The summed E-state index contributed by atoms with van der Waals surface area (Å²) in [5.74, 6) is 0.832. The van der Waals surface area contributed by atoms with Crippen molar-refractivity contribution < 1.29 is 4.74 Å². The van der Waals surface area contributed by atoms with Crippen molar-refractivity contribution in [1.82, 2.24) is 14.6 Å². The third-order valence-electron chi connectivity index (χ3n) is 3.34. The van der Waals surface area contributed by atoms with E-state index in [0.29, 0.717) is 0 Å². The summed E-state index contributed by atoms with van der Waals surface area (Å²) in [5.41, 5.74) is 1.95. The molecular weight excluding hydrogens is 314 g/mol. The minimum absolute atomic E-state index is 0.832. The van der Waals surface area contributed by atoms with Crippen LogP contribution in [0.15, 0.2) is 48.5 Å². The van der Waals surface area contributed by atoms with Crippen LogP contribution in [0.3, 0.4) is 0 Å². The zero-order valence-electron chi connectivity index (χ0n) is 11.7. The monoisotopic (exact) mass is 325 g/mol. The van der Waals surface area contributed by atoms with E-state index in [1.54, 1.807) is 18.4 Å². The van der Waals surface area contributed by atoms with Crippen LogP contribution in [0.2, 0.25) is 0 Å². The molecule has 0 N–H and O–H groups in total. The molecule has 2 aromatic heterocycles. The third kappa shape index (κ3) is 2.26. The quantitative estimate of drug-likeness (QED) is 0.557. The Morgan fingerprint density at radius 2 is 1.68 bits per heavy atom. The lowest BCUT2D eigenvalue weighted by Crippen LogP contribution is -1.82. The molecule has 0 spiro atoms. The highest BCUT2D eigenvalue weighted by atomic mass is 32.1. The van der Waals surface area contributed by atoms with E-state index in [2.05, 4.69) is 26.7 Å². The summed E-state index contributed by atoms with van der Waals surface area (Å²) in [5, 5.41) is 11.5. The molecule has 2 aromatic carbocycles. The van der Waals surface area contributed by atoms with Crippen LogP contribution in [-0.4, -0.2) is 21.7 Å². The molecule has 0 unspecified atom stereocenters. The number of nitrogens with zero attached hydrogens (tertiary/aromatic N) is 3. The van der Waals surface area contributed by atoms with Gasteiger partial charge in [-0.25, -0.2) is 0 Å². The van der Waals surface area contributed by atoms with Crippen LogP contribution in [0, 0.1) is 0 Å². The summed E-state index contributed by atoms with van der Waals surface area (Å²) in [4.78, 5) is 0. The van der Waals surface area contributed by atoms with Crippen LogP contribution in [-0.2, 0) is 0 Å². The number of benzene rings is 2. The van der Waals surface area contributed by atoms with Gasteiger partial charge in [-0.15, -0.1) is 10.2 Å². The average Bonchev–Trinajstić information content (AvgIpc) is 3.21. The normalized spacial score (nSPS) is 11.0. The Morgan fingerprint density at radius 1 is 0.909 bits per heavy atom. The molecule has 22 heavy (non-hydrogen) atoms. The van der Waals surface area contributed by atoms with Crippen molar-refractivity contribution in [3.05, 3.63) is 48.5 Å². The molecule has 0 aliphatic rings. The van der Waals surface area contributed by atoms with Crippen LogP contribution in [0.4, 0.5) is 0 Å². The first-order valence-electron chi connectivity index (χ1n) is 6.68. The van der Waals surface area contributed by atoms with E-state index < -0.39 is 0 Å². The van der Waals surface area contributed by atoms with Crippen molar-refractivity contribution >= 4 is 33.0 Å². The van der Waals surface area contributed by atoms with E-state index in [1.807, 2.05) is 36.4 Å². The molecule has 0 fully saturated rings. The molecule has 4 aromatic rings. The SMILES string of the molecule is COc1ccc(-c2nnc(-c3nsc4ccccc34)s2)cc1. The average molecular weight is 325 g/mol. The van der Waals surface area contributed by atoms with E-state index in [-0.39, 0.29) is 0 Å². The minimum atomic E-state index is 0.832. The van der Waals surface area contributed by atoms with Crippen LogP contribution in [0.1, 0.15) is 0 Å². The molecular formula is C16H11N3OS2. The second kappa shape index (κ2) is 5.47. The molecule has 4 nitrogen and oxygen atoms in total. The Balaban J connectivity index is 1.74.